The van der Waals surface area contributed by atoms with E-state index in [1.54, 1.807) is 78.9 Å². The van der Waals surface area contributed by atoms with Crippen LogP contribution in [0.1, 0.15) is 17.3 Å². The van der Waals surface area contributed by atoms with Crippen LogP contribution in [0.3, 0.4) is 0 Å². The highest BCUT2D eigenvalue weighted by atomic mass is 32.2. The molecule has 0 aliphatic rings. The van der Waals surface area contributed by atoms with Gasteiger partial charge in [0.15, 0.2) is 5.78 Å². The molecule has 0 aliphatic carbocycles. The largest absolute Gasteiger partial charge is 0.293 e. The van der Waals surface area contributed by atoms with E-state index in [9.17, 15) is 13.2 Å². The standard InChI is InChI=1S/C21H19NO3S/c1-17(21(23)18-11-5-2-6-12-18)26(24,25)22(19-13-7-3-8-14-19)20-15-9-4-10-16-20/h2-17H,1H3. The van der Waals surface area contributed by atoms with Gasteiger partial charge in [0.1, 0.15) is 5.25 Å². The lowest BCUT2D eigenvalue weighted by Gasteiger charge is -2.27. The summed E-state index contributed by atoms with van der Waals surface area (Å²) in [5.74, 6) is -0.428. The summed E-state index contributed by atoms with van der Waals surface area (Å²) >= 11 is 0. The minimum Gasteiger partial charge on any atom is -0.293 e. The third kappa shape index (κ3) is 3.53. The van der Waals surface area contributed by atoms with Gasteiger partial charge in [0.2, 0.25) is 10.0 Å². The lowest BCUT2D eigenvalue weighted by atomic mass is 10.1. The van der Waals surface area contributed by atoms with Crippen molar-refractivity contribution in [3.8, 4) is 0 Å². The first-order chi connectivity index (χ1) is 12.5. The van der Waals surface area contributed by atoms with Crippen molar-refractivity contribution in [2.45, 2.75) is 12.2 Å². The van der Waals surface area contributed by atoms with Gasteiger partial charge in [-0.25, -0.2) is 12.7 Å². The van der Waals surface area contributed by atoms with Crippen molar-refractivity contribution in [2.24, 2.45) is 0 Å². The van der Waals surface area contributed by atoms with E-state index < -0.39 is 21.1 Å². The summed E-state index contributed by atoms with van der Waals surface area (Å²) in [6.45, 7) is 1.43. The molecule has 3 aromatic carbocycles. The van der Waals surface area contributed by atoms with E-state index in [-0.39, 0.29) is 0 Å². The summed E-state index contributed by atoms with van der Waals surface area (Å²) in [7, 11) is -3.97. The zero-order valence-corrected chi connectivity index (χ0v) is 15.1. The van der Waals surface area contributed by atoms with E-state index in [0.717, 1.165) is 0 Å². The maximum absolute atomic E-state index is 13.4. The Kier molecular flexibility index (Phi) is 5.19. The second-order valence-corrected chi connectivity index (χ2v) is 7.96. The number of Topliss-reactive ketones (excluding diaryl/α,β-unsaturated/α-hetero) is 1. The number of nitrogens with zero attached hydrogens (tertiary/aromatic N) is 1. The number of hydrogen-bond acceptors (Lipinski definition) is 3. The summed E-state index contributed by atoms with van der Waals surface area (Å²) in [4.78, 5) is 12.8. The third-order valence-electron chi connectivity index (χ3n) is 4.11. The van der Waals surface area contributed by atoms with Crippen molar-refractivity contribution >= 4 is 27.2 Å². The Bertz CT molecular complexity index is 932. The van der Waals surface area contributed by atoms with E-state index in [1.807, 2.05) is 12.1 Å². The van der Waals surface area contributed by atoms with Gasteiger partial charge in [-0.05, 0) is 31.2 Å². The first-order valence-electron chi connectivity index (χ1n) is 8.25. The van der Waals surface area contributed by atoms with E-state index in [1.165, 1.54) is 11.2 Å². The molecule has 0 fully saturated rings. The molecule has 3 rings (SSSR count). The molecule has 0 bridgehead atoms. The zero-order chi connectivity index (χ0) is 18.6. The Morgan fingerprint density at radius 2 is 1.12 bits per heavy atom. The Hall–Kier alpha value is -2.92. The molecule has 1 unspecified atom stereocenters. The molecule has 0 N–H and O–H groups in total. The molecular formula is C21H19NO3S. The van der Waals surface area contributed by atoms with Crippen molar-refractivity contribution in [3.63, 3.8) is 0 Å². The van der Waals surface area contributed by atoms with Crippen LogP contribution >= 0.6 is 0 Å². The highest BCUT2D eigenvalue weighted by Crippen LogP contribution is 2.31. The minimum absolute atomic E-state index is 0.379. The number of para-hydroxylation sites is 2. The second kappa shape index (κ2) is 7.54. The molecule has 5 heteroatoms. The van der Waals surface area contributed by atoms with Crippen molar-refractivity contribution < 1.29 is 13.2 Å². The normalized spacial score (nSPS) is 12.3. The van der Waals surface area contributed by atoms with Crippen molar-refractivity contribution in [1.29, 1.82) is 0 Å². The van der Waals surface area contributed by atoms with Gasteiger partial charge in [-0.2, -0.15) is 0 Å². The fourth-order valence-corrected chi connectivity index (χ4v) is 4.25. The molecule has 4 nitrogen and oxygen atoms in total. The number of benzene rings is 3. The molecule has 0 radical (unpaired) electrons. The van der Waals surface area contributed by atoms with Crippen LogP contribution in [0.4, 0.5) is 11.4 Å². The first kappa shape index (κ1) is 17.9. The summed E-state index contributed by atoms with van der Waals surface area (Å²) < 4.78 is 27.9. The highest BCUT2D eigenvalue weighted by molar-refractivity contribution is 7.94. The molecule has 0 amide bonds. The molecule has 26 heavy (non-hydrogen) atoms. The fourth-order valence-electron chi connectivity index (χ4n) is 2.70. The van der Waals surface area contributed by atoms with Crippen LogP contribution in [-0.4, -0.2) is 19.5 Å². The highest BCUT2D eigenvalue weighted by Gasteiger charge is 2.35. The second-order valence-electron chi connectivity index (χ2n) is 5.85. The number of rotatable bonds is 6. The maximum Gasteiger partial charge on any atom is 0.249 e. The topological polar surface area (TPSA) is 54.5 Å². The maximum atomic E-state index is 13.4. The summed E-state index contributed by atoms with van der Waals surface area (Å²) in [5.41, 5.74) is 1.36. The van der Waals surface area contributed by atoms with Crippen molar-refractivity contribution in [2.75, 3.05) is 4.31 Å². The SMILES string of the molecule is CC(C(=O)c1ccccc1)S(=O)(=O)N(c1ccccc1)c1ccccc1. The number of ketones is 1. The molecule has 0 saturated carbocycles. The van der Waals surface area contributed by atoms with Gasteiger partial charge >= 0.3 is 0 Å². The van der Waals surface area contributed by atoms with Crippen LogP contribution in [-0.2, 0) is 10.0 Å². The quantitative estimate of drug-likeness (QED) is 0.607. The van der Waals surface area contributed by atoms with Crippen LogP contribution in [0.2, 0.25) is 0 Å². The van der Waals surface area contributed by atoms with Crippen LogP contribution in [0, 0.1) is 0 Å². The van der Waals surface area contributed by atoms with E-state index >= 15 is 0 Å². The zero-order valence-electron chi connectivity index (χ0n) is 14.3. The third-order valence-corrected chi connectivity index (χ3v) is 6.15. The summed E-state index contributed by atoms with van der Waals surface area (Å²) in [5, 5.41) is -1.22. The van der Waals surface area contributed by atoms with Gasteiger partial charge in [-0.1, -0.05) is 66.7 Å². The molecule has 0 heterocycles. The fraction of sp³-hybridized carbons (Fsp3) is 0.0952. The summed E-state index contributed by atoms with van der Waals surface area (Å²) in [6, 6.07) is 26.0. The Balaban J connectivity index is 2.07. The number of sulfonamides is 1. The molecule has 0 aromatic heterocycles. The summed E-state index contributed by atoms with van der Waals surface area (Å²) in [6.07, 6.45) is 0. The van der Waals surface area contributed by atoms with Gasteiger partial charge in [0.25, 0.3) is 0 Å². The van der Waals surface area contributed by atoms with Gasteiger partial charge in [0, 0.05) is 5.56 Å². The van der Waals surface area contributed by atoms with Crippen LogP contribution in [0.5, 0.6) is 0 Å². The van der Waals surface area contributed by atoms with Crippen LogP contribution in [0.25, 0.3) is 0 Å². The predicted molar refractivity (Wildman–Crippen MR) is 104 cm³/mol. The minimum atomic E-state index is -3.97. The van der Waals surface area contributed by atoms with E-state index in [2.05, 4.69) is 0 Å². The average Bonchev–Trinajstić information content (AvgIpc) is 2.69. The number of carbonyl (C=O) groups is 1. The van der Waals surface area contributed by atoms with Crippen LogP contribution in [0.15, 0.2) is 91.0 Å². The van der Waals surface area contributed by atoms with Crippen molar-refractivity contribution in [1.82, 2.24) is 0 Å². The van der Waals surface area contributed by atoms with Crippen molar-refractivity contribution in [3.05, 3.63) is 96.6 Å². The number of carbonyl (C=O) groups excluding carboxylic acids is 1. The molecule has 3 aromatic rings. The van der Waals surface area contributed by atoms with Gasteiger partial charge < -0.3 is 0 Å². The Morgan fingerprint density at radius 1 is 0.731 bits per heavy atom. The lowest BCUT2D eigenvalue weighted by molar-refractivity contribution is 0.0991. The molecule has 0 aliphatic heterocycles. The first-order valence-corrected chi connectivity index (χ1v) is 9.75. The van der Waals surface area contributed by atoms with Crippen LogP contribution < -0.4 is 4.31 Å². The molecule has 132 valence electrons. The van der Waals surface area contributed by atoms with E-state index in [4.69, 9.17) is 0 Å². The van der Waals surface area contributed by atoms with Gasteiger partial charge in [-0.15, -0.1) is 0 Å². The molecule has 0 saturated heterocycles. The number of hydrogen-bond donors (Lipinski definition) is 0. The smallest absolute Gasteiger partial charge is 0.249 e. The molecule has 1 atom stereocenters. The van der Waals surface area contributed by atoms with Gasteiger partial charge in [0.05, 0.1) is 11.4 Å². The Morgan fingerprint density at radius 3 is 1.54 bits per heavy atom. The molecular weight excluding hydrogens is 346 g/mol. The molecule has 0 spiro atoms. The lowest BCUT2D eigenvalue weighted by Crippen LogP contribution is -2.38. The van der Waals surface area contributed by atoms with E-state index in [0.29, 0.717) is 16.9 Å². The Labute approximate surface area is 153 Å². The average molecular weight is 365 g/mol. The number of anilines is 2. The van der Waals surface area contributed by atoms with Gasteiger partial charge in [-0.3, -0.25) is 4.79 Å². The monoisotopic (exact) mass is 365 g/mol. The predicted octanol–water partition coefficient (Wildman–Crippen LogP) is 4.43.